The number of carbonyl (C=O) groups is 2. The second kappa shape index (κ2) is 11.8. The molecule has 0 heterocycles. The number of rotatable bonds is 11. The summed E-state index contributed by atoms with van der Waals surface area (Å²) < 4.78 is 0. The Hall–Kier alpha value is -2.94. The molecule has 8 heteroatoms. The van der Waals surface area contributed by atoms with Gasteiger partial charge in [-0.1, -0.05) is 12.1 Å². The molecule has 0 bridgehead atoms. The smallest absolute Gasteiger partial charge is 0.255 e. The van der Waals surface area contributed by atoms with E-state index in [0.29, 0.717) is 55.1 Å². The van der Waals surface area contributed by atoms with Crippen molar-refractivity contribution in [3.63, 3.8) is 0 Å². The number of benzene rings is 2. The summed E-state index contributed by atoms with van der Waals surface area (Å²) in [5.41, 5.74) is 7.73. The van der Waals surface area contributed by atoms with Crippen LogP contribution in [0, 0.1) is 0 Å². The Bertz CT molecular complexity index is 790. The van der Waals surface area contributed by atoms with Gasteiger partial charge in [-0.2, -0.15) is 0 Å². The van der Waals surface area contributed by atoms with Gasteiger partial charge in [-0.25, -0.2) is 0 Å². The number of nitrogens with two attached hydrogens (primary N) is 1. The molecule has 0 saturated heterocycles. The van der Waals surface area contributed by atoms with Crippen LogP contribution in [0.4, 0.5) is 11.4 Å². The summed E-state index contributed by atoms with van der Waals surface area (Å²) in [6, 6.07) is 13.4. The lowest BCUT2D eigenvalue weighted by atomic mass is 10.1. The van der Waals surface area contributed by atoms with Gasteiger partial charge in [0, 0.05) is 30.8 Å². The molecule has 0 fully saturated rings. The average molecular weight is 400 g/mol. The van der Waals surface area contributed by atoms with E-state index in [9.17, 15) is 9.59 Å². The Kier molecular flexibility index (Phi) is 9.10. The quantitative estimate of drug-likeness (QED) is 0.282. The van der Waals surface area contributed by atoms with Gasteiger partial charge in [0.25, 0.3) is 11.8 Å². The van der Waals surface area contributed by atoms with E-state index in [1.807, 2.05) is 4.90 Å². The van der Waals surface area contributed by atoms with Crippen molar-refractivity contribution in [3.05, 3.63) is 59.7 Å². The first kappa shape index (κ1) is 22.4. The van der Waals surface area contributed by atoms with Crippen molar-refractivity contribution in [1.82, 2.24) is 10.2 Å². The van der Waals surface area contributed by atoms with Crippen LogP contribution < -0.4 is 16.4 Å². The number of para-hydroxylation sites is 2. The molecule has 0 aliphatic rings. The van der Waals surface area contributed by atoms with Gasteiger partial charge in [0.15, 0.2) is 0 Å². The lowest BCUT2D eigenvalue weighted by molar-refractivity contribution is 0.0948. The summed E-state index contributed by atoms with van der Waals surface area (Å²) in [5, 5.41) is 23.5. The van der Waals surface area contributed by atoms with Gasteiger partial charge in [0.05, 0.1) is 24.6 Å². The lowest BCUT2D eigenvalue weighted by Crippen LogP contribution is -2.33. The molecule has 2 rings (SSSR count). The van der Waals surface area contributed by atoms with Crippen LogP contribution in [0.25, 0.3) is 0 Å². The van der Waals surface area contributed by atoms with Crippen molar-refractivity contribution >= 4 is 23.2 Å². The third-order valence-electron chi connectivity index (χ3n) is 4.39. The fourth-order valence-corrected chi connectivity index (χ4v) is 2.80. The van der Waals surface area contributed by atoms with Crippen LogP contribution in [0.3, 0.4) is 0 Å². The van der Waals surface area contributed by atoms with Crippen LogP contribution in [0.1, 0.15) is 27.1 Å². The molecular formula is C21H28N4O4. The molecule has 2 aromatic rings. The van der Waals surface area contributed by atoms with Crippen molar-refractivity contribution in [3.8, 4) is 0 Å². The van der Waals surface area contributed by atoms with Gasteiger partial charge in [-0.05, 0) is 49.4 Å². The fourth-order valence-electron chi connectivity index (χ4n) is 2.80. The van der Waals surface area contributed by atoms with Gasteiger partial charge < -0.3 is 26.6 Å². The zero-order valence-electron chi connectivity index (χ0n) is 16.3. The Morgan fingerprint density at radius 2 is 1.45 bits per heavy atom. The average Bonchev–Trinajstić information content (AvgIpc) is 2.73. The first-order valence-corrected chi connectivity index (χ1v) is 9.53. The zero-order valence-corrected chi connectivity index (χ0v) is 16.3. The summed E-state index contributed by atoms with van der Waals surface area (Å²) in [4.78, 5) is 26.5. The number of hydrogen-bond acceptors (Lipinski definition) is 6. The molecular weight excluding hydrogens is 372 g/mol. The number of anilines is 2. The van der Waals surface area contributed by atoms with Crippen molar-refractivity contribution in [2.45, 2.75) is 6.42 Å². The molecule has 0 radical (unpaired) electrons. The molecule has 0 aromatic heterocycles. The summed E-state index contributed by atoms with van der Waals surface area (Å²) in [7, 11) is 0. The van der Waals surface area contributed by atoms with Crippen LogP contribution in [-0.2, 0) is 0 Å². The fraction of sp³-hybridized carbons (Fsp3) is 0.333. The highest BCUT2D eigenvalue weighted by molar-refractivity contribution is 6.06. The van der Waals surface area contributed by atoms with Gasteiger partial charge in [-0.15, -0.1) is 0 Å². The zero-order chi connectivity index (χ0) is 21.1. The van der Waals surface area contributed by atoms with E-state index in [-0.39, 0.29) is 25.0 Å². The van der Waals surface area contributed by atoms with Gasteiger partial charge >= 0.3 is 0 Å². The number of hydrogen-bond donors (Lipinski definition) is 5. The second-order valence-corrected chi connectivity index (χ2v) is 6.52. The van der Waals surface area contributed by atoms with Gasteiger partial charge in [0.2, 0.25) is 0 Å². The Balaban J connectivity index is 1.82. The minimum absolute atomic E-state index is 0.0309. The third-order valence-corrected chi connectivity index (χ3v) is 4.39. The number of amides is 2. The summed E-state index contributed by atoms with van der Waals surface area (Å²) in [6.45, 7) is 2.19. The predicted molar refractivity (Wildman–Crippen MR) is 113 cm³/mol. The second-order valence-electron chi connectivity index (χ2n) is 6.52. The molecule has 0 atom stereocenters. The van der Waals surface area contributed by atoms with Gasteiger partial charge in [-0.3, -0.25) is 14.5 Å². The molecule has 2 aromatic carbocycles. The molecule has 0 aliphatic carbocycles. The van der Waals surface area contributed by atoms with Crippen LogP contribution in [-0.4, -0.2) is 66.3 Å². The first-order valence-electron chi connectivity index (χ1n) is 9.53. The number of aliphatic hydroxyl groups is 2. The number of carbonyl (C=O) groups excluding carboxylic acids is 2. The van der Waals surface area contributed by atoms with E-state index in [0.717, 1.165) is 0 Å². The Morgan fingerprint density at radius 3 is 2.03 bits per heavy atom. The normalized spacial score (nSPS) is 10.7. The molecule has 0 unspecified atom stereocenters. The summed E-state index contributed by atoms with van der Waals surface area (Å²) >= 11 is 0. The van der Waals surface area contributed by atoms with Crippen molar-refractivity contribution in [2.24, 2.45) is 0 Å². The van der Waals surface area contributed by atoms with E-state index in [4.69, 9.17) is 15.9 Å². The highest BCUT2D eigenvalue weighted by Crippen LogP contribution is 2.18. The van der Waals surface area contributed by atoms with Gasteiger partial charge in [0.1, 0.15) is 0 Å². The Morgan fingerprint density at radius 1 is 0.862 bits per heavy atom. The van der Waals surface area contributed by atoms with Crippen LogP contribution >= 0.6 is 0 Å². The molecule has 29 heavy (non-hydrogen) atoms. The molecule has 6 N–H and O–H groups in total. The molecule has 8 nitrogen and oxygen atoms in total. The SMILES string of the molecule is Nc1ccccc1NC(=O)c1ccc(C(=O)NCCCN(CCO)CCO)cc1. The van der Waals surface area contributed by atoms with Crippen LogP contribution in [0.15, 0.2) is 48.5 Å². The van der Waals surface area contributed by atoms with E-state index in [2.05, 4.69) is 10.6 Å². The van der Waals surface area contributed by atoms with E-state index < -0.39 is 0 Å². The maximum atomic E-state index is 12.3. The largest absolute Gasteiger partial charge is 0.397 e. The first-order chi connectivity index (χ1) is 14.0. The highest BCUT2D eigenvalue weighted by atomic mass is 16.3. The predicted octanol–water partition coefficient (Wildman–Crippen LogP) is 0.928. The lowest BCUT2D eigenvalue weighted by Gasteiger charge is -2.19. The number of aliphatic hydroxyl groups excluding tert-OH is 2. The minimum Gasteiger partial charge on any atom is -0.397 e. The minimum atomic E-state index is -0.303. The molecule has 2 amide bonds. The molecule has 0 saturated carbocycles. The summed E-state index contributed by atoms with van der Waals surface area (Å²) in [6.07, 6.45) is 0.699. The number of nitrogens with one attached hydrogen (secondary N) is 2. The maximum absolute atomic E-state index is 12.3. The Labute approximate surface area is 170 Å². The van der Waals surface area contributed by atoms with Crippen molar-refractivity contribution in [2.75, 3.05) is 50.4 Å². The van der Waals surface area contributed by atoms with E-state index in [1.165, 1.54) is 0 Å². The van der Waals surface area contributed by atoms with E-state index >= 15 is 0 Å². The summed E-state index contributed by atoms with van der Waals surface area (Å²) in [5.74, 6) is -0.525. The monoisotopic (exact) mass is 400 g/mol. The van der Waals surface area contributed by atoms with Crippen molar-refractivity contribution < 1.29 is 19.8 Å². The van der Waals surface area contributed by atoms with E-state index in [1.54, 1.807) is 48.5 Å². The third kappa shape index (κ3) is 7.19. The molecule has 0 spiro atoms. The number of nitrogen functional groups attached to an aromatic ring is 1. The topological polar surface area (TPSA) is 128 Å². The standard InChI is InChI=1S/C21H28N4O4/c22-18-4-1-2-5-19(18)24-21(29)17-8-6-16(7-9-17)20(28)23-10-3-11-25(12-14-26)13-15-27/h1-2,4-9,26-27H,3,10-15,22H2,(H,23,28)(H,24,29). The molecule has 0 aliphatic heterocycles. The number of nitrogens with zero attached hydrogens (tertiary/aromatic N) is 1. The van der Waals surface area contributed by atoms with Crippen LogP contribution in [0.2, 0.25) is 0 Å². The maximum Gasteiger partial charge on any atom is 0.255 e. The molecule has 156 valence electrons. The van der Waals surface area contributed by atoms with Crippen LogP contribution in [0.5, 0.6) is 0 Å². The highest BCUT2D eigenvalue weighted by Gasteiger charge is 2.10. The van der Waals surface area contributed by atoms with Crippen molar-refractivity contribution in [1.29, 1.82) is 0 Å².